The smallest absolute Gasteiger partial charge is 0.244 e. The average Bonchev–Trinajstić information content (AvgIpc) is 1.60. The number of halogens is 1. The molecule has 0 unspecified atom stereocenters. The average molecular weight is 177 g/mol. The highest BCUT2D eigenvalue weighted by atomic mass is 35.5. The Balaban J connectivity index is 4.56. The Bertz CT molecular complexity index is 167. The van der Waals surface area contributed by atoms with Gasteiger partial charge in [0.25, 0.3) is 0 Å². The molecule has 0 saturated carbocycles. The summed E-state index contributed by atoms with van der Waals surface area (Å²) in [7, 11) is -1.47. The van der Waals surface area contributed by atoms with Gasteiger partial charge in [-0.1, -0.05) is 25.7 Å². The summed E-state index contributed by atoms with van der Waals surface area (Å²) >= 11 is 5.36. The van der Waals surface area contributed by atoms with Crippen molar-refractivity contribution in [2.45, 2.75) is 26.6 Å². The lowest BCUT2D eigenvalue weighted by Gasteiger charge is -2.16. The molecule has 0 rings (SSSR count). The minimum Gasteiger partial charge on any atom is -0.276 e. The van der Waals surface area contributed by atoms with Crippen molar-refractivity contribution >= 4 is 24.9 Å². The highest BCUT2D eigenvalue weighted by Crippen LogP contribution is 2.16. The van der Waals surface area contributed by atoms with Crippen LogP contribution in [0.1, 0.15) is 6.92 Å². The lowest BCUT2D eigenvalue weighted by Crippen LogP contribution is -2.27. The maximum atomic E-state index is 10.8. The molecule has 0 radical (unpaired) electrons. The normalized spacial score (nSPS) is 13.5. The zero-order chi connectivity index (χ0) is 8.36. The number of rotatable bonds is 2. The van der Waals surface area contributed by atoms with E-state index >= 15 is 0 Å². The molecule has 0 N–H and O–H groups in total. The fourth-order valence-corrected chi connectivity index (χ4v) is 3.26. The zero-order valence-electron chi connectivity index (χ0n) is 6.86. The van der Waals surface area contributed by atoms with Crippen molar-refractivity contribution in [1.82, 2.24) is 0 Å². The summed E-state index contributed by atoms with van der Waals surface area (Å²) in [5, 5.41) is 0.524. The summed E-state index contributed by atoms with van der Waals surface area (Å²) in [6.45, 7) is 8.15. The van der Waals surface area contributed by atoms with E-state index in [1.165, 1.54) is 0 Å². The Morgan fingerprint density at radius 1 is 1.40 bits per heavy atom. The number of hydrogen-bond acceptors (Lipinski definition) is 1. The first-order chi connectivity index (χ1) is 4.39. The second kappa shape index (κ2) is 3.35. The van der Waals surface area contributed by atoms with Gasteiger partial charge >= 0.3 is 0 Å². The highest BCUT2D eigenvalue weighted by molar-refractivity contribution is 6.93. The van der Waals surface area contributed by atoms with Gasteiger partial charge in [-0.05, 0) is 23.7 Å². The first-order valence-corrected chi connectivity index (χ1v) is 7.14. The molecule has 0 aromatic rings. The molecule has 0 heterocycles. The summed E-state index contributed by atoms with van der Waals surface area (Å²) in [5.41, 5.74) is 0. The van der Waals surface area contributed by atoms with Crippen molar-refractivity contribution in [1.29, 1.82) is 0 Å². The monoisotopic (exact) mass is 176 g/mol. The minimum atomic E-state index is -1.47. The van der Waals surface area contributed by atoms with Gasteiger partial charge in [0.2, 0.25) is 5.24 Å². The van der Waals surface area contributed by atoms with Gasteiger partial charge in [0.15, 0.2) is 0 Å². The van der Waals surface area contributed by atoms with Gasteiger partial charge in [0.1, 0.15) is 0 Å². The molecule has 0 aliphatic heterocycles. The number of hydrogen-bond donors (Lipinski definition) is 0. The van der Waals surface area contributed by atoms with Crippen LogP contribution >= 0.6 is 11.6 Å². The fraction of sp³-hybridized carbons (Fsp3) is 0.571. The summed E-state index contributed by atoms with van der Waals surface area (Å²) < 4.78 is 0. The van der Waals surface area contributed by atoms with Crippen molar-refractivity contribution in [3.05, 3.63) is 11.3 Å². The third kappa shape index (κ3) is 2.67. The van der Waals surface area contributed by atoms with Crippen LogP contribution in [0.3, 0.4) is 0 Å². The Kier molecular flexibility index (Phi) is 3.32. The van der Waals surface area contributed by atoms with Crippen LogP contribution in [0.2, 0.25) is 19.6 Å². The van der Waals surface area contributed by atoms with E-state index in [-0.39, 0.29) is 5.24 Å². The molecule has 3 heteroatoms. The van der Waals surface area contributed by atoms with Gasteiger partial charge < -0.3 is 0 Å². The molecule has 0 aliphatic carbocycles. The van der Waals surface area contributed by atoms with Crippen LogP contribution in [0.5, 0.6) is 0 Å². The van der Waals surface area contributed by atoms with Gasteiger partial charge in [-0.3, -0.25) is 4.79 Å². The van der Waals surface area contributed by atoms with E-state index in [2.05, 4.69) is 19.6 Å². The molecule has 0 aromatic carbocycles. The van der Waals surface area contributed by atoms with Crippen LogP contribution < -0.4 is 0 Å². The maximum absolute atomic E-state index is 10.8. The third-order valence-electron chi connectivity index (χ3n) is 1.31. The fourth-order valence-electron chi connectivity index (χ4n) is 0.841. The Hall–Kier alpha value is -0.0831. The van der Waals surface area contributed by atoms with Crippen LogP contribution in [0.4, 0.5) is 0 Å². The van der Waals surface area contributed by atoms with Crippen LogP contribution in [-0.2, 0) is 4.79 Å². The van der Waals surface area contributed by atoms with Crippen molar-refractivity contribution in [3.8, 4) is 0 Å². The standard InChI is InChI=1S/C7H13ClOSi/c1-5-6(7(8)9)10(2,3)4/h5H,1-4H3/b6-5-. The summed E-state index contributed by atoms with van der Waals surface area (Å²) in [5.74, 6) is 0. The summed E-state index contributed by atoms with van der Waals surface area (Å²) in [4.78, 5) is 10.8. The SMILES string of the molecule is C/C=C(/C(=O)Cl)[Si](C)(C)C. The van der Waals surface area contributed by atoms with E-state index in [9.17, 15) is 4.79 Å². The summed E-state index contributed by atoms with van der Waals surface area (Å²) in [6, 6.07) is 0. The van der Waals surface area contributed by atoms with Crippen molar-refractivity contribution in [2.75, 3.05) is 0 Å². The molecule has 0 aliphatic rings. The van der Waals surface area contributed by atoms with Gasteiger partial charge in [-0.15, -0.1) is 0 Å². The van der Waals surface area contributed by atoms with E-state index < -0.39 is 8.07 Å². The first-order valence-electron chi connectivity index (χ1n) is 3.26. The molecule has 58 valence electrons. The van der Waals surface area contributed by atoms with Crippen LogP contribution in [0.15, 0.2) is 11.3 Å². The highest BCUT2D eigenvalue weighted by Gasteiger charge is 2.23. The number of carbonyl (C=O) groups is 1. The third-order valence-corrected chi connectivity index (χ3v) is 3.80. The van der Waals surface area contributed by atoms with Crippen molar-refractivity contribution in [3.63, 3.8) is 0 Å². The van der Waals surface area contributed by atoms with E-state index in [0.717, 1.165) is 5.20 Å². The van der Waals surface area contributed by atoms with Gasteiger partial charge in [-0.25, -0.2) is 0 Å². The summed E-state index contributed by atoms with van der Waals surface area (Å²) in [6.07, 6.45) is 1.82. The molecule has 0 aromatic heterocycles. The quantitative estimate of drug-likeness (QED) is 0.359. The second-order valence-corrected chi connectivity index (χ2v) is 8.61. The molecular formula is C7H13ClOSi. The van der Waals surface area contributed by atoms with Gasteiger partial charge in [0.05, 0.1) is 8.07 Å². The van der Waals surface area contributed by atoms with E-state index in [1.807, 2.05) is 13.0 Å². The van der Waals surface area contributed by atoms with Crippen LogP contribution in [-0.4, -0.2) is 13.3 Å². The minimum absolute atomic E-state index is 0.290. The molecule has 0 saturated heterocycles. The van der Waals surface area contributed by atoms with E-state index in [0.29, 0.717) is 0 Å². The first kappa shape index (κ1) is 9.92. The molecule has 10 heavy (non-hydrogen) atoms. The predicted octanol–water partition coefficient (Wildman–Crippen LogP) is 2.58. The predicted molar refractivity (Wildman–Crippen MR) is 48.0 cm³/mol. The van der Waals surface area contributed by atoms with Crippen molar-refractivity contribution < 1.29 is 4.79 Å². The van der Waals surface area contributed by atoms with Crippen LogP contribution in [0.25, 0.3) is 0 Å². The second-order valence-electron chi connectivity index (χ2n) is 3.23. The molecule has 1 nitrogen and oxygen atoms in total. The molecule has 0 amide bonds. The van der Waals surface area contributed by atoms with E-state index in [1.54, 1.807) is 0 Å². The van der Waals surface area contributed by atoms with Gasteiger partial charge in [0, 0.05) is 0 Å². The molecule has 0 fully saturated rings. The largest absolute Gasteiger partial charge is 0.276 e. The van der Waals surface area contributed by atoms with E-state index in [4.69, 9.17) is 11.6 Å². The molecule has 0 atom stereocenters. The molecular weight excluding hydrogens is 164 g/mol. The maximum Gasteiger partial charge on any atom is 0.244 e. The number of carbonyl (C=O) groups excluding carboxylic acids is 1. The van der Waals surface area contributed by atoms with Gasteiger partial charge in [-0.2, -0.15) is 0 Å². The Labute approximate surface area is 68.1 Å². The molecule has 0 spiro atoms. The van der Waals surface area contributed by atoms with Crippen molar-refractivity contribution in [2.24, 2.45) is 0 Å². The Morgan fingerprint density at radius 2 is 1.80 bits per heavy atom. The topological polar surface area (TPSA) is 17.1 Å². The number of allylic oxidation sites excluding steroid dienone is 2. The zero-order valence-corrected chi connectivity index (χ0v) is 8.62. The Morgan fingerprint density at radius 3 is 1.80 bits per heavy atom. The van der Waals surface area contributed by atoms with Crippen LogP contribution in [0, 0.1) is 0 Å². The lowest BCUT2D eigenvalue weighted by atomic mass is 10.6. The molecule has 0 bridgehead atoms. The lowest BCUT2D eigenvalue weighted by molar-refractivity contribution is -0.108.